The number of nitrogen functional groups attached to an aromatic ring is 1. The van der Waals surface area contributed by atoms with Crippen molar-refractivity contribution < 1.29 is 17.6 Å². The molecule has 0 aliphatic carbocycles. The van der Waals surface area contributed by atoms with Gasteiger partial charge in [-0.05, 0) is 24.6 Å². The number of nitrogens with two attached hydrogens (primary N) is 1. The van der Waals surface area contributed by atoms with E-state index in [1.165, 1.54) is 7.05 Å². The van der Waals surface area contributed by atoms with Crippen molar-refractivity contribution in [3.63, 3.8) is 0 Å². The Morgan fingerprint density at radius 2 is 2.05 bits per heavy atom. The minimum atomic E-state index is -3.95. The molecule has 1 amide bonds. The third kappa shape index (κ3) is 4.17. The number of rotatable bonds is 6. The molecule has 0 atom stereocenters. The molecule has 1 rings (SSSR count). The lowest BCUT2D eigenvalue weighted by atomic mass is 10.3. The molecule has 0 aliphatic rings. The van der Waals surface area contributed by atoms with Gasteiger partial charge in [-0.25, -0.2) is 12.8 Å². The Hall–Kier alpha value is -1.67. The van der Waals surface area contributed by atoms with Crippen molar-refractivity contribution in [2.24, 2.45) is 0 Å². The smallest absolute Gasteiger partial charge is 0.243 e. The zero-order chi connectivity index (χ0) is 15.3. The van der Waals surface area contributed by atoms with E-state index in [4.69, 9.17) is 5.73 Å². The van der Waals surface area contributed by atoms with E-state index in [1.54, 1.807) is 0 Å². The Morgan fingerprint density at radius 3 is 2.60 bits per heavy atom. The van der Waals surface area contributed by atoms with Crippen LogP contribution in [0.3, 0.4) is 0 Å². The van der Waals surface area contributed by atoms with E-state index in [2.05, 4.69) is 5.32 Å². The highest BCUT2D eigenvalue weighted by Crippen LogP contribution is 2.18. The second kappa shape index (κ2) is 6.67. The lowest BCUT2D eigenvalue weighted by Gasteiger charge is -2.17. The van der Waals surface area contributed by atoms with Crippen LogP contribution in [0.1, 0.15) is 13.3 Å². The molecule has 20 heavy (non-hydrogen) atoms. The van der Waals surface area contributed by atoms with Crippen molar-refractivity contribution >= 4 is 21.6 Å². The third-order valence-corrected chi connectivity index (χ3v) is 4.32. The van der Waals surface area contributed by atoms with Gasteiger partial charge in [-0.15, -0.1) is 0 Å². The molecule has 0 saturated carbocycles. The lowest BCUT2D eigenvalue weighted by molar-refractivity contribution is -0.121. The van der Waals surface area contributed by atoms with Crippen molar-refractivity contribution in [3.8, 4) is 0 Å². The van der Waals surface area contributed by atoms with Gasteiger partial charge in [0.25, 0.3) is 0 Å². The molecule has 0 bridgehead atoms. The van der Waals surface area contributed by atoms with Crippen molar-refractivity contribution in [1.82, 2.24) is 9.62 Å². The van der Waals surface area contributed by atoms with Crippen LogP contribution in [0.25, 0.3) is 0 Å². The number of nitrogens with one attached hydrogen (secondary N) is 1. The molecule has 0 spiro atoms. The summed E-state index contributed by atoms with van der Waals surface area (Å²) in [5.41, 5.74) is 5.43. The standard InChI is InChI=1S/C12H18FN3O3S/c1-3-4-15-12(17)8-16(2)20(18,19)11-6-9(13)5-10(14)7-11/h5-7H,3-4,8,14H2,1-2H3,(H,15,17). The van der Waals surface area contributed by atoms with Crippen molar-refractivity contribution in [3.05, 3.63) is 24.0 Å². The Bertz CT molecular complexity index is 569. The van der Waals surface area contributed by atoms with Crippen LogP contribution in [0.2, 0.25) is 0 Å². The first kappa shape index (κ1) is 16.4. The van der Waals surface area contributed by atoms with Crippen LogP contribution >= 0.6 is 0 Å². The zero-order valence-electron chi connectivity index (χ0n) is 11.4. The summed E-state index contributed by atoms with van der Waals surface area (Å²) in [7, 11) is -2.70. The molecule has 3 N–H and O–H groups in total. The highest BCUT2D eigenvalue weighted by molar-refractivity contribution is 7.89. The fourth-order valence-electron chi connectivity index (χ4n) is 1.52. The second-order valence-corrected chi connectivity index (χ2v) is 6.38. The number of sulfonamides is 1. The van der Waals surface area contributed by atoms with Gasteiger partial charge in [-0.3, -0.25) is 4.79 Å². The van der Waals surface area contributed by atoms with Gasteiger partial charge in [-0.2, -0.15) is 4.31 Å². The van der Waals surface area contributed by atoms with Gasteiger partial charge in [0, 0.05) is 19.3 Å². The summed E-state index contributed by atoms with van der Waals surface area (Å²) in [5, 5.41) is 2.57. The number of anilines is 1. The molecule has 0 saturated heterocycles. The molecular formula is C12H18FN3O3S. The topological polar surface area (TPSA) is 92.5 Å². The van der Waals surface area contributed by atoms with Gasteiger partial charge in [0.2, 0.25) is 15.9 Å². The van der Waals surface area contributed by atoms with E-state index in [0.29, 0.717) is 6.54 Å². The summed E-state index contributed by atoms with van der Waals surface area (Å²) in [6.07, 6.45) is 0.753. The van der Waals surface area contributed by atoms with Crippen LogP contribution in [-0.4, -0.2) is 38.8 Å². The van der Waals surface area contributed by atoms with Gasteiger partial charge in [-0.1, -0.05) is 6.92 Å². The quantitative estimate of drug-likeness (QED) is 0.751. The molecule has 0 unspecified atom stereocenters. The number of carbonyl (C=O) groups is 1. The fourth-order valence-corrected chi connectivity index (χ4v) is 2.71. The summed E-state index contributed by atoms with van der Waals surface area (Å²) in [6.45, 7) is 2.02. The maximum absolute atomic E-state index is 13.2. The molecule has 1 aromatic rings. The Labute approximate surface area is 117 Å². The first-order valence-electron chi connectivity index (χ1n) is 6.06. The van der Waals surface area contributed by atoms with Crippen molar-refractivity contribution in [2.75, 3.05) is 25.9 Å². The average Bonchev–Trinajstić information content (AvgIpc) is 2.35. The molecule has 8 heteroatoms. The zero-order valence-corrected chi connectivity index (χ0v) is 12.2. The Balaban J connectivity index is 2.89. The molecule has 0 radical (unpaired) electrons. The Morgan fingerprint density at radius 1 is 1.40 bits per heavy atom. The van der Waals surface area contributed by atoms with Gasteiger partial charge in [0.1, 0.15) is 5.82 Å². The second-order valence-electron chi connectivity index (χ2n) is 4.33. The van der Waals surface area contributed by atoms with E-state index in [1.807, 2.05) is 6.92 Å². The number of carbonyl (C=O) groups excluding carboxylic acids is 1. The van der Waals surface area contributed by atoms with E-state index in [-0.39, 0.29) is 17.1 Å². The van der Waals surface area contributed by atoms with E-state index in [9.17, 15) is 17.6 Å². The number of halogens is 1. The summed E-state index contributed by atoms with van der Waals surface area (Å²) >= 11 is 0. The van der Waals surface area contributed by atoms with Gasteiger partial charge < -0.3 is 11.1 Å². The van der Waals surface area contributed by atoms with E-state index >= 15 is 0 Å². The van der Waals surface area contributed by atoms with Crippen LogP contribution in [0.5, 0.6) is 0 Å². The first-order valence-corrected chi connectivity index (χ1v) is 7.50. The normalized spacial score (nSPS) is 11.6. The van der Waals surface area contributed by atoms with Crippen LogP contribution in [0, 0.1) is 5.82 Å². The molecule has 0 aromatic heterocycles. The molecule has 0 fully saturated rings. The number of amides is 1. The summed E-state index contributed by atoms with van der Waals surface area (Å²) in [5.74, 6) is -1.16. The van der Waals surface area contributed by atoms with Crippen molar-refractivity contribution in [1.29, 1.82) is 0 Å². The molecule has 1 aromatic carbocycles. The summed E-state index contributed by atoms with van der Waals surface area (Å²) in [4.78, 5) is 11.2. The largest absolute Gasteiger partial charge is 0.399 e. The van der Waals surface area contributed by atoms with Gasteiger partial charge in [0.05, 0.1) is 11.4 Å². The first-order chi connectivity index (χ1) is 9.27. The third-order valence-electron chi connectivity index (χ3n) is 2.54. The predicted octanol–water partition coefficient (Wildman–Crippen LogP) is 0.555. The van der Waals surface area contributed by atoms with Crippen LogP contribution < -0.4 is 11.1 Å². The lowest BCUT2D eigenvalue weighted by Crippen LogP contribution is -2.38. The monoisotopic (exact) mass is 303 g/mol. The minimum Gasteiger partial charge on any atom is -0.399 e. The van der Waals surface area contributed by atoms with Crippen LogP contribution in [0.15, 0.2) is 23.1 Å². The fraction of sp³-hybridized carbons (Fsp3) is 0.417. The molecule has 6 nitrogen and oxygen atoms in total. The summed E-state index contributed by atoms with van der Waals surface area (Å²) < 4.78 is 38.4. The predicted molar refractivity (Wildman–Crippen MR) is 73.9 cm³/mol. The summed E-state index contributed by atoms with van der Waals surface area (Å²) in [6, 6.07) is 3.04. The number of benzene rings is 1. The van der Waals surface area contributed by atoms with Crippen LogP contribution in [0.4, 0.5) is 10.1 Å². The maximum atomic E-state index is 13.2. The van der Waals surface area contributed by atoms with Gasteiger partial charge in [0.15, 0.2) is 0 Å². The number of hydrogen-bond donors (Lipinski definition) is 2. The number of likely N-dealkylation sites (N-methyl/N-ethyl adjacent to an activating group) is 1. The average molecular weight is 303 g/mol. The SMILES string of the molecule is CCCNC(=O)CN(C)S(=O)(=O)c1cc(N)cc(F)c1. The molecule has 0 aliphatic heterocycles. The van der Waals surface area contributed by atoms with Gasteiger partial charge >= 0.3 is 0 Å². The Kier molecular flexibility index (Phi) is 5.46. The molecular weight excluding hydrogens is 285 g/mol. The minimum absolute atomic E-state index is 0.00686. The van der Waals surface area contributed by atoms with E-state index in [0.717, 1.165) is 28.9 Å². The number of hydrogen-bond acceptors (Lipinski definition) is 4. The molecule has 0 heterocycles. The molecule has 112 valence electrons. The number of nitrogens with zero attached hydrogens (tertiary/aromatic N) is 1. The van der Waals surface area contributed by atoms with E-state index < -0.39 is 21.7 Å². The maximum Gasteiger partial charge on any atom is 0.243 e. The van der Waals surface area contributed by atoms with Crippen LogP contribution in [-0.2, 0) is 14.8 Å². The highest BCUT2D eigenvalue weighted by atomic mass is 32.2. The van der Waals surface area contributed by atoms with Crippen molar-refractivity contribution in [2.45, 2.75) is 18.2 Å². The highest BCUT2D eigenvalue weighted by Gasteiger charge is 2.23.